The maximum atomic E-state index is 11.0. The van der Waals surface area contributed by atoms with Crippen molar-refractivity contribution in [1.82, 2.24) is 0 Å². The predicted molar refractivity (Wildman–Crippen MR) is 76.5 cm³/mol. The van der Waals surface area contributed by atoms with Crippen molar-refractivity contribution in [3.8, 4) is 0 Å². The van der Waals surface area contributed by atoms with Gasteiger partial charge in [-0.25, -0.2) is 4.79 Å². The lowest BCUT2D eigenvalue weighted by molar-refractivity contribution is 0.0696. The number of aromatic carboxylic acids is 1. The third-order valence-electron chi connectivity index (χ3n) is 2.50. The van der Waals surface area contributed by atoms with Crippen molar-refractivity contribution in [3.63, 3.8) is 0 Å². The zero-order valence-electron chi connectivity index (χ0n) is 9.51. The summed E-state index contributed by atoms with van der Waals surface area (Å²) in [5.41, 5.74) is 2.03. The number of hydrogen-bond acceptors (Lipinski definition) is 1. The number of halogens is 1. The molecule has 0 bridgehead atoms. The van der Waals surface area contributed by atoms with Crippen LogP contribution in [0.15, 0.2) is 53.0 Å². The van der Waals surface area contributed by atoms with Crippen molar-refractivity contribution < 1.29 is 9.90 Å². The summed E-state index contributed by atoms with van der Waals surface area (Å²) >= 11 is 3.40. The number of carboxylic acids is 1. The van der Waals surface area contributed by atoms with Crippen LogP contribution in [-0.4, -0.2) is 11.1 Å². The maximum Gasteiger partial charge on any atom is 0.336 e. The van der Waals surface area contributed by atoms with Crippen LogP contribution >= 0.6 is 15.9 Å². The van der Waals surface area contributed by atoms with Crippen LogP contribution in [0.1, 0.15) is 21.5 Å². The molecule has 0 heterocycles. The van der Waals surface area contributed by atoms with Crippen molar-refractivity contribution >= 4 is 34.1 Å². The molecular weight excluding hydrogens is 292 g/mol. The molecule has 18 heavy (non-hydrogen) atoms. The van der Waals surface area contributed by atoms with E-state index in [-0.39, 0.29) is 0 Å². The van der Waals surface area contributed by atoms with Crippen LogP contribution in [0.3, 0.4) is 0 Å². The highest BCUT2D eigenvalue weighted by Gasteiger charge is 2.05. The Kier molecular flexibility index (Phi) is 3.95. The maximum absolute atomic E-state index is 11.0. The smallest absolute Gasteiger partial charge is 0.336 e. The number of rotatable bonds is 3. The second-order valence-corrected chi connectivity index (χ2v) is 4.70. The Balaban J connectivity index is 2.32. The lowest BCUT2D eigenvalue weighted by Crippen LogP contribution is -1.98. The largest absolute Gasteiger partial charge is 0.478 e. The Labute approximate surface area is 114 Å². The third kappa shape index (κ3) is 3.08. The minimum atomic E-state index is -0.913. The van der Waals surface area contributed by atoms with Crippen LogP contribution in [0.25, 0.3) is 12.2 Å². The fourth-order valence-electron chi connectivity index (χ4n) is 1.63. The molecule has 0 aliphatic heterocycles. The first-order valence-corrected chi connectivity index (χ1v) is 6.22. The lowest BCUT2D eigenvalue weighted by Gasteiger charge is -2.00. The number of carbonyl (C=O) groups is 1. The van der Waals surface area contributed by atoms with Gasteiger partial charge in [-0.3, -0.25) is 0 Å². The molecule has 0 amide bonds. The topological polar surface area (TPSA) is 37.3 Å². The van der Waals surface area contributed by atoms with Gasteiger partial charge in [-0.1, -0.05) is 58.4 Å². The molecule has 2 aromatic carbocycles. The molecule has 0 saturated carbocycles. The van der Waals surface area contributed by atoms with Gasteiger partial charge in [0.2, 0.25) is 0 Å². The molecule has 0 aliphatic rings. The summed E-state index contributed by atoms with van der Waals surface area (Å²) in [5.74, 6) is -0.913. The second-order valence-electron chi connectivity index (χ2n) is 3.78. The molecule has 90 valence electrons. The molecule has 2 nitrogen and oxygen atoms in total. The van der Waals surface area contributed by atoms with E-state index in [9.17, 15) is 4.79 Å². The fourth-order valence-corrected chi connectivity index (χ4v) is 2.05. The summed E-state index contributed by atoms with van der Waals surface area (Å²) in [5, 5.41) is 9.07. The first-order valence-electron chi connectivity index (χ1n) is 5.43. The quantitative estimate of drug-likeness (QED) is 0.858. The minimum Gasteiger partial charge on any atom is -0.478 e. The Morgan fingerprint density at radius 3 is 2.56 bits per heavy atom. The van der Waals surface area contributed by atoms with Crippen molar-refractivity contribution in [2.75, 3.05) is 0 Å². The molecular formula is C15H11BrO2. The predicted octanol–water partition coefficient (Wildman–Crippen LogP) is 4.32. The van der Waals surface area contributed by atoms with Crippen molar-refractivity contribution in [2.24, 2.45) is 0 Å². The Morgan fingerprint density at radius 1 is 1.06 bits per heavy atom. The molecule has 0 unspecified atom stereocenters. The van der Waals surface area contributed by atoms with Crippen molar-refractivity contribution in [1.29, 1.82) is 0 Å². The van der Waals surface area contributed by atoms with Gasteiger partial charge in [-0.15, -0.1) is 0 Å². The van der Waals surface area contributed by atoms with Crippen LogP contribution in [0.4, 0.5) is 0 Å². The zero-order chi connectivity index (χ0) is 13.0. The summed E-state index contributed by atoms with van der Waals surface area (Å²) < 4.78 is 0.996. The molecule has 0 radical (unpaired) electrons. The molecule has 3 heteroatoms. The highest BCUT2D eigenvalue weighted by atomic mass is 79.9. The molecule has 0 spiro atoms. The van der Waals surface area contributed by atoms with E-state index in [1.807, 2.05) is 42.5 Å². The number of benzene rings is 2. The Hall–Kier alpha value is -1.87. The van der Waals surface area contributed by atoms with Gasteiger partial charge < -0.3 is 5.11 Å². The zero-order valence-corrected chi connectivity index (χ0v) is 11.1. The molecule has 1 N–H and O–H groups in total. The molecule has 0 fully saturated rings. The standard InChI is InChI=1S/C15H11BrO2/c16-13-6-3-4-11(10-13)8-9-12-5-1-2-7-14(12)15(17)18/h1-10H,(H,17,18)/b9-8+. The van der Waals surface area contributed by atoms with E-state index < -0.39 is 5.97 Å². The fraction of sp³-hybridized carbons (Fsp3) is 0. The van der Waals surface area contributed by atoms with Gasteiger partial charge >= 0.3 is 5.97 Å². The van der Waals surface area contributed by atoms with Gasteiger partial charge in [0.15, 0.2) is 0 Å². The summed E-state index contributed by atoms with van der Waals surface area (Å²) in [6.07, 6.45) is 3.71. The van der Waals surface area contributed by atoms with E-state index in [0.29, 0.717) is 11.1 Å². The van der Waals surface area contributed by atoms with E-state index in [1.54, 1.807) is 18.2 Å². The first kappa shape index (κ1) is 12.6. The van der Waals surface area contributed by atoms with Crippen molar-refractivity contribution in [3.05, 3.63) is 69.7 Å². The summed E-state index contributed by atoms with van der Waals surface area (Å²) in [7, 11) is 0. The molecule has 0 atom stereocenters. The average Bonchev–Trinajstić information content (AvgIpc) is 2.37. The molecule has 0 aliphatic carbocycles. The summed E-state index contributed by atoms with van der Waals surface area (Å²) in [6, 6.07) is 14.8. The van der Waals surface area contributed by atoms with Gasteiger partial charge in [-0.05, 0) is 29.3 Å². The number of hydrogen-bond donors (Lipinski definition) is 1. The van der Waals surface area contributed by atoms with Crippen molar-refractivity contribution in [2.45, 2.75) is 0 Å². The number of carboxylic acid groups (broad SMARTS) is 1. The highest BCUT2D eigenvalue weighted by Crippen LogP contribution is 2.16. The van der Waals surface area contributed by atoms with Gasteiger partial charge in [-0.2, -0.15) is 0 Å². The normalized spacial score (nSPS) is 10.7. The molecule has 2 rings (SSSR count). The first-order chi connectivity index (χ1) is 8.66. The van der Waals surface area contributed by atoms with Gasteiger partial charge in [0.25, 0.3) is 0 Å². The van der Waals surface area contributed by atoms with E-state index >= 15 is 0 Å². The highest BCUT2D eigenvalue weighted by molar-refractivity contribution is 9.10. The van der Waals surface area contributed by atoms with Crippen LogP contribution in [0.2, 0.25) is 0 Å². The van der Waals surface area contributed by atoms with Crippen LogP contribution in [0, 0.1) is 0 Å². The van der Waals surface area contributed by atoms with Gasteiger partial charge in [0.1, 0.15) is 0 Å². The Bertz CT molecular complexity index is 603. The Morgan fingerprint density at radius 2 is 1.83 bits per heavy atom. The van der Waals surface area contributed by atoms with E-state index in [2.05, 4.69) is 15.9 Å². The van der Waals surface area contributed by atoms with Crippen LogP contribution in [-0.2, 0) is 0 Å². The van der Waals surface area contributed by atoms with E-state index in [4.69, 9.17) is 5.11 Å². The lowest BCUT2D eigenvalue weighted by atomic mass is 10.1. The minimum absolute atomic E-state index is 0.309. The summed E-state index contributed by atoms with van der Waals surface area (Å²) in [4.78, 5) is 11.0. The monoisotopic (exact) mass is 302 g/mol. The van der Waals surface area contributed by atoms with Gasteiger partial charge in [0, 0.05) is 4.47 Å². The molecule has 0 saturated heterocycles. The second kappa shape index (κ2) is 5.65. The van der Waals surface area contributed by atoms with E-state index in [0.717, 1.165) is 10.0 Å². The molecule has 0 aromatic heterocycles. The molecule has 2 aromatic rings. The average molecular weight is 303 g/mol. The van der Waals surface area contributed by atoms with Crippen LogP contribution in [0.5, 0.6) is 0 Å². The van der Waals surface area contributed by atoms with E-state index in [1.165, 1.54) is 0 Å². The van der Waals surface area contributed by atoms with Crippen LogP contribution < -0.4 is 0 Å². The summed E-state index contributed by atoms with van der Waals surface area (Å²) in [6.45, 7) is 0. The van der Waals surface area contributed by atoms with Gasteiger partial charge in [0.05, 0.1) is 5.56 Å². The third-order valence-corrected chi connectivity index (χ3v) is 2.99. The SMILES string of the molecule is O=C(O)c1ccccc1/C=C/c1cccc(Br)c1.